The summed E-state index contributed by atoms with van der Waals surface area (Å²) in [6, 6.07) is 6.43. The number of hydrogen-bond acceptors (Lipinski definition) is 0. The minimum atomic E-state index is 1.05. The van der Waals surface area contributed by atoms with E-state index < -0.39 is 0 Å². The molecule has 0 unspecified atom stereocenters. The molecule has 0 heteroatoms. The molecule has 1 aromatic rings. The van der Waals surface area contributed by atoms with Crippen molar-refractivity contribution in [1.29, 1.82) is 0 Å². The van der Waals surface area contributed by atoms with E-state index in [4.69, 9.17) is 0 Å². The van der Waals surface area contributed by atoms with Gasteiger partial charge in [-0.2, -0.15) is 0 Å². The Balaban J connectivity index is 0.000000461. The van der Waals surface area contributed by atoms with Gasteiger partial charge in [-0.15, -0.1) is 0 Å². The largest absolute Gasteiger partial charge is 0.0801 e. The zero-order chi connectivity index (χ0) is 10.4. The van der Waals surface area contributed by atoms with Gasteiger partial charge in [0.15, 0.2) is 0 Å². The van der Waals surface area contributed by atoms with Crippen LogP contribution >= 0.6 is 0 Å². The molecule has 0 N–H and O–H groups in total. The number of benzene rings is 1. The van der Waals surface area contributed by atoms with Crippen molar-refractivity contribution in [1.82, 2.24) is 0 Å². The Labute approximate surface area is 87.0 Å². The fourth-order valence-electron chi connectivity index (χ4n) is 1.54. The summed E-state index contributed by atoms with van der Waals surface area (Å²) in [4.78, 5) is 0. The molecule has 0 aromatic heterocycles. The SMILES string of the molecule is CC.Cc1cccc2c1C=CCC=C2. The van der Waals surface area contributed by atoms with Gasteiger partial charge in [-0.05, 0) is 30.0 Å². The summed E-state index contributed by atoms with van der Waals surface area (Å²) in [5.41, 5.74) is 4.06. The molecule has 0 aliphatic heterocycles. The van der Waals surface area contributed by atoms with Gasteiger partial charge in [-0.25, -0.2) is 0 Å². The smallest absolute Gasteiger partial charge is 0.0158 e. The molecule has 0 nitrogen and oxygen atoms in total. The topological polar surface area (TPSA) is 0 Å². The molecule has 0 bridgehead atoms. The maximum absolute atomic E-state index is 2.21. The van der Waals surface area contributed by atoms with Gasteiger partial charge in [0.25, 0.3) is 0 Å². The van der Waals surface area contributed by atoms with E-state index >= 15 is 0 Å². The van der Waals surface area contributed by atoms with Gasteiger partial charge in [-0.3, -0.25) is 0 Å². The second-order valence-corrected chi connectivity index (χ2v) is 3.12. The normalized spacial score (nSPS) is 12.5. The highest BCUT2D eigenvalue weighted by atomic mass is 14.0. The lowest BCUT2D eigenvalue weighted by Gasteiger charge is -2.03. The molecule has 1 aliphatic rings. The molecule has 0 fully saturated rings. The van der Waals surface area contributed by atoms with Gasteiger partial charge in [-0.1, -0.05) is 56.4 Å². The Bertz CT molecular complexity index is 343. The van der Waals surface area contributed by atoms with Crippen LogP contribution in [-0.2, 0) is 0 Å². The highest BCUT2D eigenvalue weighted by molar-refractivity contribution is 5.69. The first-order valence-corrected chi connectivity index (χ1v) is 5.30. The van der Waals surface area contributed by atoms with Crippen molar-refractivity contribution in [2.45, 2.75) is 27.2 Å². The summed E-state index contributed by atoms with van der Waals surface area (Å²) in [6.45, 7) is 6.16. The minimum absolute atomic E-state index is 1.05. The summed E-state index contributed by atoms with van der Waals surface area (Å²) in [6.07, 6.45) is 9.86. The average Bonchev–Trinajstić information content (AvgIpc) is 2.47. The number of hydrogen-bond donors (Lipinski definition) is 0. The molecular weight excluding hydrogens is 168 g/mol. The van der Waals surface area contributed by atoms with Crippen LogP contribution in [0.2, 0.25) is 0 Å². The van der Waals surface area contributed by atoms with Gasteiger partial charge < -0.3 is 0 Å². The van der Waals surface area contributed by atoms with E-state index in [0.717, 1.165) is 6.42 Å². The monoisotopic (exact) mass is 186 g/mol. The number of aryl methyl sites for hydroxylation is 1. The molecule has 0 saturated heterocycles. The molecule has 0 radical (unpaired) electrons. The summed E-state index contributed by atoms with van der Waals surface area (Å²) >= 11 is 0. The lowest BCUT2D eigenvalue weighted by molar-refractivity contribution is 1.42. The summed E-state index contributed by atoms with van der Waals surface area (Å²) in [5.74, 6) is 0. The van der Waals surface area contributed by atoms with Crippen molar-refractivity contribution >= 4 is 12.2 Å². The van der Waals surface area contributed by atoms with Crippen LogP contribution in [0.5, 0.6) is 0 Å². The highest BCUT2D eigenvalue weighted by Gasteiger charge is 2.00. The number of rotatable bonds is 0. The van der Waals surface area contributed by atoms with E-state index in [1.807, 2.05) is 13.8 Å². The first kappa shape index (κ1) is 10.8. The van der Waals surface area contributed by atoms with Gasteiger partial charge in [0, 0.05) is 0 Å². The van der Waals surface area contributed by atoms with E-state index in [-0.39, 0.29) is 0 Å². The highest BCUT2D eigenvalue weighted by Crippen LogP contribution is 2.20. The second kappa shape index (κ2) is 5.43. The van der Waals surface area contributed by atoms with E-state index in [1.165, 1.54) is 16.7 Å². The maximum Gasteiger partial charge on any atom is -0.0158 e. The van der Waals surface area contributed by atoms with Crippen molar-refractivity contribution in [3.63, 3.8) is 0 Å². The first-order valence-electron chi connectivity index (χ1n) is 5.30. The zero-order valence-electron chi connectivity index (χ0n) is 9.25. The molecule has 1 aromatic carbocycles. The lowest BCUT2D eigenvalue weighted by atomic mass is 10.0. The second-order valence-electron chi connectivity index (χ2n) is 3.12. The fraction of sp³-hybridized carbons (Fsp3) is 0.286. The van der Waals surface area contributed by atoms with Gasteiger partial charge in [0.1, 0.15) is 0 Å². The molecule has 2 rings (SSSR count). The first-order chi connectivity index (χ1) is 6.88. The summed E-state index contributed by atoms with van der Waals surface area (Å²) < 4.78 is 0. The van der Waals surface area contributed by atoms with Crippen LogP contribution in [0.3, 0.4) is 0 Å². The zero-order valence-corrected chi connectivity index (χ0v) is 9.25. The van der Waals surface area contributed by atoms with Gasteiger partial charge in [0.05, 0.1) is 0 Å². The molecule has 0 atom stereocenters. The third-order valence-corrected chi connectivity index (χ3v) is 2.21. The van der Waals surface area contributed by atoms with E-state index in [9.17, 15) is 0 Å². The molecule has 0 saturated carbocycles. The molecule has 74 valence electrons. The van der Waals surface area contributed by atoms with Gasteiger partial charge in [0.2, 0.25) is 0 Å². The van der Waals surface area contributed by atoms with Crippen molar-refractivity contribution in [3.05, 3.63) is 47.0 Å². The molecule has 0 amide bonds. The van der Waals surface area contributed by atoms with Crippen LogP contribution < -0.4 is 0 Å². The molecule has 14 heavy (non-hydrogen) atoms. The Morgan fingerprint density at radius 3 is 2.50 bits per heavy atom. The summed E-state index contributed by atoms with van der Waals surface area (Å²) in [7, 11) is 0. The third-order valence-electron chi connectivity index (χ3n) is 2.21. The van der Waals surface area contributed by atoms with Crippen molar-refractivity contribution in [3.8, 4) is 0 Å². The maximum atomic E-state index is 2.21. The minimum Gasteiger partial charge on any atom is -0.0801 e. The van der Waals surface area contributed by atoms with E-state index in [0.29, 0.717) is 0 Å². The molecule has 1 aliphatic carbocycles. The third kappa shape index (κ3) is 2.35. The predicted molar refractivity (Wildman–Crippen MR) is 65.2 cm³/mol. The van der Waals surface area contributed by atoms with Crippen LogP contribution in [0.1, 0.15) is 37.0 Å². The Morgan fingerprint density at radius 2 is 1.71 bits per heavy atom. The van der Waals surface area contributed by atoms with E-state index in [2.05, 4.69) is 49.4 Å². The van der Waals surface area contributed by atoms with Crippen molar-refractivity contribution in [2.24, 2.45) is 0 Å². The van der Waals surface area contributed by atoms with E-state index in [1.54, 1.807) is 0 Å². The van der Waals surface area contributed by atoms with Crippen LogP contribution in [0.25, 0.3) is 12.2 Å². The van der Waals surface area contributed by atoms with Gasteiger partial charge >= 0.3 is 0 Å². The molecule has 0 spiro atoms. The standard InChI is InChI=1S/C12H12.C2H6/c1-10-6-5-8-11-7-3-2-4-9-12(10)11;1-2/h3-9H,2H2,1H3;1-2H3. The molecule has 0 heterocycles. The number of allylic oxidation sites excluding steroid dienone is 2. The average molecular weight is 186 g/mol. The Kier molecular flexibility index (Phi) is 4.18. The predicted octanol–water partition coefficient (Wildman–Crippen LogP) is 4.45. The van der Waals surface area contributed by atoms with Crippen LogP contribution in [0.4, 0.5) is 0 Å². The van der Waals surface area contributed by atoms with Crippen LogP contribution in [-0.4, -0.2) is 0 Å². The molecular formula is C14H18. The summed E-state index contributed by atoms with van der Waals surface area (Å²) in [5, 5.41) is 0. The van der Waals surface area contributed by atoms with Crippen molar-refractivity contribution in [2.75, 3.05) is 0 Å². The van der Waals surface area contributed by atoms with Crippen LogP contribution in [0.15, 0.2) is 30.4 Å². The fourth-order valence-corrected chi connectivity index (χ4v) is 1.54. The Morgan fingerprint density at radius 1 is 1.00 bits per heavy atom. The quantitative estimate of drug-likeness (QED) is 0.561. The van der Waals surface area contributed by atoms with Crippen LogP contribution in [0, 0.1) is 6.92 Å². The number of fused-ring (bicyclic) bond motifs is 1. The van der Waals surface area contributed by atoms with Crippen molar-refractivity contribution < 1.29 is 0 Å². The lowest BCUT2D eigenvalue weighted by Crippen LogP contribution is -1.83. The Hall–Kier alpha value is -1.30.